The molecule has 0 atom stereocenters. The molecular weight excluding hydrogens is 562 g/mol. The van der Waals surface area contributed by atoms with Crippen LogP contribution in [0.5, 0.6) is 0 Å². The van der Waals surface area contributed by atoms with E-state index in [1.165, 1.54) is 24.3 Å². The Morgan fingerprint density at radius 2 is 0.833 bits per heavy atom. The molecule has 0 saturated carbocycles. The minimum Gasteiger partial charge on any atom is -0.307 e. The Morgan fingerprint density at radius 1 is 0.500 bits per heavy atom. The molecule has 0 aromatic heterocycles. The van der Waals surface area contributed by atoms with E-state index in [1.54, 1.807) is 50.2 Å². The molecule has 42 heavy (non-hydrogen) atoms. The second-order valence-corrected chi connectivity index (χ2v) is 9.30. The van der Waals surface area contributed by atoms with Crippen LogP contribution in [0.3, 0.4) is 0 Å². The van der Waals surface area contributed by atoms with Crippen LogP contribution in [0.2, 0.25) is 0 Å². The molecule has 0 saturated heterocycles. The first-order valence-electron chi connectivity index (χ1n) is 12.4. The monoisotopic (exact) mass is 586 g/mol. The van der Waals surface area contributed by atoms with Crippen molar-refractivity contribution in [1.29, 1.82) is 0 Å². The number of amides is 4. The molecule has 0 heterocycles. The van der Waals surface area contributed by atoms with E-state index in [2.05, 4.69) is 21.3 Å². The van der Waals surface area contributed by atoms with Crippen molar-refractivity contribution in [3.8, 4) is 11.1 Å². The molecule has 4 rings (SSSR count). The topological polar surface area (TPSA) is 82.3 Å². The van der Waals surface area contributed by atoms with Gasteiger partial charge in [0.25, 0.3) is 0 Å². The first-order chi connectivity index (χ1) is 19.7. The fourth-order valence-electron chi connectivity index (χ4n) is 4.20. The Kier molecular flexibility index (Phi) is 8.46. The van der Waals surface area contributed by atoms with Crippen molar-refractivity contribution >= 4 is 34.8 Å². The largest absolute Gasteiger partial charge is 0.418 e. The number of anilines is 4. The van der Waals surface area contributed by atoms with Gasteiger partial charge in [0.1, 0.15) is 0 Å². The van der Waals surface area contributed by atoms with Crippen LogP contribution in [0.15, 0.2) is 84.9 Å². The molecule has 0 aliphatic carbocycles. The van der Waals surface area contributed by atoms with Crippen molar-refractivity contribution in [2.45, 2.75) is 26.2 Å². The van der Waals surface area contributed by atoms with Crippen LogP contribution in [0.1, 0.15) is 22.3 Å². The Bertz CT molecular complexity index is 1510. The van der Waals surface area contributed by atoms with Crippen LogP contribution in [0.25, 0.3) is 11.1 Å². The number of aryl methyl sites for hydroxylation is 2. The first-order valence-corrected chi connectivity index (χ1v) is 12.4. The average Bonchev–Trinajstić information content (AvgIpc) is 2.90. The summed E-state index contributed by atoms with van der Waals surface area (Å²) in [5, 5.41) is 9.56. The summed E-state index contributed by atoms with van der Waals surface area (Å²) in [4.78, 5) is 24.9. The standard InChI is InChI=1S/C30H24F6N4O2/c1-17-15-19(11-13-23(17)37-27(41)39-25-9-5-3-7-21(25)29(31,32)33)20-12-14-24(18(2)16-20)38-28(42)40-26-10-6-4-8-22(26)30(34,35)36/h3-16H,1-2H3,(H2,37,39,41)(H2,38,40,42). The zero-order valence-electron chi connectivity index (χ0n) is 22.2. The van der Waals surface area contributed by atoms with E-state index in [1.807, 2.05) is 0 Å². The van der Waals surface area contributed by atoms with Crippen LogP contribution >= 0.6 is 0 Å². The smallest absolute Gasteiger partial charge is 0.307 e. The molecule has 0 bridgehead atoms. The predicted molar refractivity (Wildman–Crippen MR) is 150 cm³/mol. The highest BCUT2D eigenvalue weighted by Gasteiger charge is 2.34. The number of carbonyl (C=O) groups excluding carboxylic acids is 2. The van der Waals surface area contributed by atoms with Crippen molar-refractivity contribution in [3.63, 3.8) is 0 Å². The highest BCUT2D eigenvalue weighted by Crippen LogP contribution is 2.36. The molecule has 0 fully saturated rings. The van der Waals surface area contributed by atoms with Gasteiger partial charge in [-0.25, -0.2) is 9.59 Å². The van der Waals surface area contributed by atoms with Gasteiger partial charge in [0.2, 0.25) is 0 Å². The number of benzene rings is 4. The highest BCUT2D eigenvalue weighted by atomic mass is 19.4. The van der Waals surface area contributed by atoms with Crippen molar-refractivity contribution in [2.24, 2.45) is 0 Å². The Balaban J connectivity index is 1.43. The first kappa shape index (κ1) is 30.0. The zero-order valence-corrected chi connectivity index (χ0v) is 22.2. The highest BCUT2D eigenvalue weighted by molar-refractivity contribution is 6.02. The molecule has 0 aliphatic rings. The molecule has 4 N–H and O–H groups in total. The third-order valence-electron chi connectivity index (χ3n) is 6.24. The second-order valence-electron chi connectivity index (χ2n) is 9.30. The predicted octanol–water partition coefficient (Wildman–Crippen LogP) is 9.30. The van der Waals surface area contributed by atoms with Crippen LogP contribution < -0.4 is 21.3 Å². The third kappa shape index (κ3) is 7.19. The summed E-state index contributed by atoms with van der Waals surface area (Å²) in [5.74, 6) is 0. The van der Waals surface area contributed by atoms with Gasteiger partial charge in [-0.1, -0.05) is 36.4 Å². The summed E-state index contributed by atoms with van der Waals surface area (Å²) in [6.07, 6.45) is -9.26. The lowest BCUT2D eigenvalue weighted by atomic mass is 10.00. The van der Waals surface area contributed by atoms with Crippen molar-refractivity contribution in [2.75, 3.05) is 21.3 Å². The van der Waals surface area contributed by atoms with Crippen LogP contribution in [0, 0.1) is 13.8 Å². The molecule has 4 aromatic rings. The lowest BCUT2D eigenvalue weighted by Gasteiger charge is -2.16. The van der Waals surface area contributed by atoms with Crippen molar-refractivity contribution in [1.82, 2.24) is 0 Å². The molecule has 4 aromatic carbocycles. The Hall–Kier alpha value is -5.00. The molecule has 0 radical (unpaired) electrons. The fourth-order valence-corrected chi connectivity index (χ4v) is 4.20. The van der Waals surface area contributed by atoms with E-state index in [0.717, 1.165) is 35.4 Å². The Labute approximate surface area is 236 Å². The average molecular weight is 587 g/mol. The zero-order chi connectivity index (χ0) is 30.7. The van der Waals surface area contributed by atoms with Gasteiger partial charge in [0.15, 0.2) is 0 Å². The van der Waals surface area contributed by atoms with Gasteiger partial charge in [0, 0.05) is 11.4 Å². The normalized spacial score (nSPS) is 11.5. The number of hydrogen-bond donors (Lipinski definition) is 4. The second kappa shape index (κ2) is 11.9. The van der Waals surface area contributed by atoms with Gasteiger partial charge in [-0.2, -0.15) is 26.3 Å². The number of carbonyl (C=O) groups is 2. The van der Waals surface area contributed by atoms with E-state index in [4.69, 9.17) is 0 Å². The molecule has 12 heteroatoms. The van der Waals surface area contributed by atoms with E-state index in [0.29, 0.717) is 22.5 Å². The molecular formula is C30H24F6N4O2. The molecule has 4 amide bonds. The lowest BCUT2D eigenvalue weighted by Crippen LogP contribution is -2.22. The lowest BCUT2D eigenvalue weighted by molar-refractivity contribution is -0.137. The number of para-hydroxylation sites is 2. The minimum absolute atomic E-state index is 0.376. The molecule has 218 valence electrons. The van der Waals surface area contributed by atoms with Crippen molar-refractivity contribution in [3.05, 3.63) is 107 Å². The fraction of sp³-hybridized carbons (Fsp3) is 0.133. The Morgan fingerprint density at radius 3 is 1.17 bits per heavy atom. The van der Waals surface area contributed by atoms with Crippen LogP contribution in [0.4, 0.5) is 58.7 Å². The number of rotatable bonds is 5. The van der Waals surface area contributed by atoms with E-state index < -0.39 is 35.5 Å². The summed E-state index contributed by atoms with van der Waals surface area (Å²) < 4.78 is 79.3. The van der Waals surface area contributed by atoms with E-state index >= 15 is 0 Å². The number of halogens is 6. The summed E-state index contributed by atoms with van der Waals surface area (Å²) in [7, 11) is 0. The van der Waals surface area contributed by atoms with Gasteiger partial charge >= 0.3 is 24.4 Å². The summed E-state index contributed by atoms with van der Waals surface area (Å²) in [5.41, 5.74) is 0.839. The molecule has 0 unspecified atom stereocenters. The van der Waals surface area contributed by atoms with Gasteiger partial charge in [0.05, 0.1) is 22.5 Å². The molecule has 0 spiro atoms. The number of nitrogens with one attached hydrogen (secondary N) is 4. The number of hydrogen-bond acceptors (Lipinski definition) is 2. The number of urea groups is 2. The molecule has 0 aliphatic heterocycles. The quantitative estimate of drug-likeness (QED) is 0.176. The SMILES string of the molecule is Cc1cc(-c2ccc(NC(=O)Nc3ccccc3C(F)(F)F)c(C)c2)ccc1NC(=O)Nc1ccccc1C(F)(F)F. The number of alkyl halides is 6. The van der Waals surface area contributed by atoms with Gasteiger partial charge in [-0.15, -0.1) is 0 Å². The van der Waals surface area contributed by atoms with Gasteiger partial charge < -0.3 is 21.3 Å². The summed E-state index contributed by atoms with van der Waals surface area (Å²) >= 11 is 0. The maximum Gasteiger partial charge on any atom is 0.418 e. The van der Waals surface area contributed by atoms with E-state index in [9.17, 15) is 35.9 Å². The van der Waals surface area contributed by atoms with Gasteiger partial charge in [-0.3, -0.25) is 0 Å². The third-order valence-corrected chi connectivity index (χ3v) is 6.24. The van der Waals surface area contributed by atoms with E-state index in [-0.39, 0.29) is 11.4 Å². The summed E-state index contributed by atoms with van der Waals surface area (Å²) in [6, 6.07) is 17.7. The van der Waals surface area contributed by atoms with Crippen LogP contribution in [-0.4, -0.2) is 12.1 Å². The van der Waals surface area contributed by atoms with Gasteiger partial charge in [-0.05, 0) is 84.6 Å². The summed E-state index contributed by atoms with van der Waals surface area (Å²) in [6.45, 7) is 3.43. The maximum atomic E-state index is 13.2. The molecule has 6 nitrogen and oxygen atoms in total. The maximum absolute atomic E-state index is 13.2. The minimum atomic E-state index is -4.63. The van der Waals surface area contributed by atoms with Crippen molar-refractivity contribution < 1.29 is 35.9 Å². The van der Waals surface area contributed by atoms with Crippen LogP contribution in [-0.2, 0) is 12.4 Å².